The van der Waals surface area contributed by atoms with Gasteiger partial charge in [0.1, 0.15) is 5.82 Å². The van der Waals surface area contributed by atoms with Gasteiger partial charge in [0.25, 0.3) is 0 Å². The Labute approximate surface area is 81.6 Å². The average Bonchev–Trinajstić information content (AvgIpc) is 2.15. The van der Waals surface area contributed by atoms with Crippen LogP contribution in [-0.4, -0.2) is 11.5 Å². The molecule has 1 aromatic rings. The second-order valence-electron chi connectivity index (χ2n) is 2.61. The Balaban J connectivity index is 2.84. The topological polar surface area (TPSA) is 87.7 Å². The molecule has 70 valence electrons. The molecule has 0 saturated carbocycles. The molecule has 1 aromatic heterocycles. The molecule has 0 unspecified atom stereocenters. The van der Waals surface area contributed by atoms with Gasteiger partial charge in [0.15, 0.2) is 0 Å². The van der Waals surface area contributed by atoms with Gasteiger partial charge in [-0.3, -0.25) is 0 Å². The van der Waals surface area contributed by atoms with Gasteiger partial charge in [-0.05, 0) is 24.1 Å². The SMILES string of the molecule is Cc1cc(N)ncc1C#CCN=[N+]=[N-]. The third-order valence-corrected chi connectivity index (χ3v) is 1.57. The summed E-state index contributed by atoms with van der Waals surface area (Å²) in [6.07, 6.45) is 1.60. The highest BCUT2D eigenvalue weighted by Crippen LogP contribution is 2.07. The van der Waals surface area contributed by atoms with Gasteiger partial charge >= 0.3 is 0 Å². The first-order valence-electron chi connectivity index (χ1n) is 3.96. The van der Waals surface area contributed by atoms with Crippen LogP contribution in [0.5, 0.6) is 0 Å². The van der Waals surface area contributed by atoms with Gasteiger partial charge in [0, 0.05) is 16.7 Å². The number of aryl methyl sites for hydroxylation is 1. The predicted molar refractivity (Wildman–Crippen MR) is 54.3 cm³/mol. The van der Waals surface area contributed by atoms with E-state index in [1.165, 1.54) is 0 Å². The van der Waals surface area contributed by atoms with Crippen molar-refractivity contribution < 1.29 is 0 Å². The minimum atomic E-state index is 0.167. The van der Waals surface area contributed by atoms with Crippen molar-refractivity contribution in [2.75, 3.05) is 12.3 Å². The molecule has 0 saturated heterocycles. The van der Waals surface area contributed by atoms with Gasteiger partial charge in [-0.1, -0.05) is 17.0 Å². The summed E-state index contributed by atoms with van der Waals surface area (Å²) in [5.41, 5.74) is 15.3. The van der Waals surface area contributed by atoms with Crippen LogP contribution in [0.2, 0.25) is 0 Å². The van der Waals surface area contributed by atoms with E-state index in [-0.39, 0.29) is 6.54 Å². The van der Waals surface area contributed by atoms with Crippen LogP contribution in [-0.2, 0) is 0 Å². The lowest BCUT2D eigenvalue weighted by atomic mass is 10.1. The first kappa shape index (κ1) is 9.90. The van der Waals surface area contributed by atoms with E-state index in [0.29, 0.717) is 5.82 Å². The number of pyridine rings is 1. The number of azide groups is 1. The van der Waals surface area contributed by atoms with E-state index in [4.69, 9.17) is 11.3 Å². The van der Waals surface area contributed by atoms with E-state index in [9.17, 15) is 0 Å². The van der Waals surface area contributed by atoms with Gasteiger partial charge in [-0.15, -0.1) is 0 Å². The number of aromatic nitrogens is 1. The Bertz CT molecular complexity index is 434. The molecule has 2 N–H and O–H groups in total. The standard InChI is InChI=1S/C9H9N5/c1-7-5-9(10)12-6-8(7)3-2-4-13-14-11/h5-6H,4H2,1H3,(H2,10,12). The molecule has 14 heavy (non-hydrogen) atoms. The normalized spacial score (nSPS) is 8.36. The third-order valence-electron chi connectivity index (χ3n) is 1.57. The zero-order valence-corrected chi connectivity index (χ0v) is 7.73. The first-order chi connectivity index (χ1) is 6.74. The molecule has 0 fully saturated rings. The summed E-state index contributed by atoms with van der Waals surface area (Å²) in [5.74, 6) is 6.03. The number of anilines is 1. The molecule has 1 heterocycles. The van der Waals surface area contributed by atoms with Gasteiger partial charge in [-0.2, -0.15) is 0 Å². The summed E-state index contributed by atoms with van der Waals surface area (Å²) in [5, 5.41) is 3.30. The van der Waals surface area contributed by atoms with Crippen LogP contribution in [0.25, 0.3) is 10.4 Å². The van der Waals surface area contributed by atoms with Crippen LogP contribution < -0.4 is 5.73 Å². The summed E-state index contributed by atoms with van der Waals surface area (Å²) < 4.78 is 0. The highest BCUT2D eigenvalue weighted by atomic mass is 15.1. The molecule has 5 nitrogen and oxygen atoms in total. The van der Waals surface area contributed by atoms with Crippen LogP contribution in [0.15, 0.2) is 17.4 Å². The van der Waals surface area contributed by atoms with E-state index in [1.807, 2.05) is 6.92 Å². The summed E-state index contributed by atoms with van der Waals surface area (Å²) >= 11 is 0. The van der Waals surface area contributed by atoms with Crippen molar-refractivity contribution in [1.82, 2.24) is 4.98 Å². The monoisotopic (exact) mass is 187 g/mol. The van der Waals surface area contributed by atoms with E-state index in [2.05, 4.69) is 26.9 Å². The average molecular weight is 187 g/mol. The summed E-state index contributed by atoms with van der Waals surface area (Å²) in [7, 11) is 0. The zero-order valence-electron chi connectivity index (χ0n) is 7.73. The maximum Gasteiger partial charge on any atom is 0.123 e. The molecular weight excluding hydrogens is 178 g/mol. The number of nitrogen functional groups attached to an aromatic ring is 1. The molecule has 0 aliphatic rings. The Hall–Kier alpha value is -2.18. The van der Waals surface area contributed by atoms with Gasteiger partial charge < -0.3 is 5.73 Å². The number of hydrogen-bond donors (Lipinski definition) is 1. The van der Waals surface area contributed by atoms with Crippen LogP contribution >= 0.6 is 0 Å². The van der Waals surface area contributed by atoms with Crippen molar-refractivity contribution in [1.29, 1.82) is 0 Å². The number of hydrogen-bond acceptors (Lipinski definition) is 3. The van der Waals surface area contributed by atoms with E-state index < -0.39 is 0 Å². The van der Waals surface area contributed by atoms with Crippen LogP contribution in [0.1, 0.15) is 11.1 Å². The van der Waals surface area contributed by atoms with E-state index >= 15 is 0 Å². The Morgan fingerprint density at radius 3 is 3.14 bits per heavy atom. The molecule has 0 spiro atoms. The lowest BCUT2D eigenvalue weighted by Crippen LogP contribution is -1.92. The van der Waals surface area contributed by atoms with Crippen molar-refractivity contribution in [3.63, 3.8) is 0 Å². The molecule has 0 radical (unpaired) electrons. The predicted octanol–water partition coefficient (Wildman–Crippen LogP) is 1.63. The summed E-state index contributed by atoms with van der Waals surface area (Å²) in [4.78, 5) is 6.50. The fourth-order valence-electron chi connectivity index (χ4n) is 0.910. The molecule has 0 bridgehead atoms. The van der Waals surface area contributed by atoms with Crippen molar-refractivity contribution in [3.8, 4) is 11.8 Å². The fourth-order valence-corrected chi connectivity index (χ4v) is 0.910. The van der Waals surface area contributed by atoms with Crippen molar-refractivity contribution in [2.45, 2.75) is 6.92 Å². The Morgan fingerprint density at radius 1 is 1.71 bits per heavy atom. The quantitative estimate of drug-likeness (QED) is 0.313. The minimum absolute atomic E-state index is 0.167. The second-order valence-corrected chi connectivity index (χ2v) is 2.61. The van der Waals surface area contributed by atoms with E-state index in [1.54, 1.807) is 12.3 Å². The molecule has 0 amide bonds. The first-order valence-corrected chi connectivity index (χ1v) is 3.96. The van der Waals surface area contributed by atoms with Crippen LogP contribution in [0.3, 0.4) is 0 Å². The molecule has 0 aliphatic carbocycles. The molecule has 0 atom stereocenters. The van der Waals surface area contributed by atoms with Gasteiger partial charge in [0.2, 0.25) is 0 Å². The largest absolute Gasteiger partial charge is 0.384 e. The number of nitrogens with zero attached hydrogens (tertiary/aromatic N) is 4. The van der Waals surface area contributed by atoms with Gasteiger partial charge in [0.05, 0.1) is 6.54 Å². The fraction of sp³-hybridized carbons (Fsp3) is 0.222. The third kappa shape index (κ3) is 2.70. The Morgan fingerprint density at radius 2 is 2.50 bits per heavy atom. The minimum Gasteiger partial charge on any atom is -0.384 e. The van der Waals surface area contributed by atoms with Gasteiger partial charge in [-0.25, -0.2) is 4.98 Å². The molecule has 1 rings (SSSR count). The lowest BCUT2D eigenvalue weighted by molar-refractivity contribution is 1.24. The zero-order chi connectivity index (χ0) is 10.4. The summed E-state index contributed by atoms with van der Waals surface area (Å²) in [6, 6.07) is 1.75. The maximum atomic E-state index is 8.02. The lowest BCUT2D eigenvalue weighted by Gasteiger charge is -1.97. The van der Waals surface area contributed by atoms with E-state index in [0.717, 1.165) is 11.1 Å². The second kappa shape index (κ2) is 4.75. The number of rotatable bonds is 1. The maximum absolute atomic E-state index is 8.02. The van der Waals surface area contributed by atoms with Crippen LogP contribution in [0, 0.1) is 18.8 Å². The molecular formula is C9H9N5. The van der Waals surface area contributed by atoms with Crippen molar-refractivity contribution in [3.05, 3.63) is 33.8 Å². The molecule has 0 aliphatic heterocycles. The molecule has 5 heteroatoms. The smallest absolute Gasteiger partial charge is 0.123 e. The summed E-state index contributed by atoms with van der Waals surface area (Å²) in [6.45, 7) is 2.07. The highest BCUT2D eigenvalue weighted by molar-refractivity contribution is 5.44. The number of nitrogens with two attached hydrogens (primary N) is 1. The highest BCUT2D eigenvalue weighted by Gasteiger charge is 1.94. The Kier molecular flexibility index (Phi) is 3.36. The van der Waals surface area contributed by atoms with Crippen molar-refractivity contribution >= 4 is 5.82 Å². The molecule has 0 aromatic carbocycles. The van der Waals surface area contributed by atoms with Crippen LogP contribution in [0.4, 0.5) is 5.82 Å². The van der Waals surface area contributed by atoms with Crippen molar-refractivity contribution in [2.24, 2.45) is 5.11 Å².